The van der Waals surface area contributed by atoms with Crippen molar-refractivity contribution >= 4 is 11.9 Å². The number of hydrogen-bond acceptors (Lipinski definition) is 4. The zero-order valence-electron chi connectivity index (χ0n) is 11.3. The van der Waals surface area contributed by atoms with Gasteiger partial charge in [0.15, 0.2) is 0 Å². The second-order valence-electron chi connectivity index (χ2n) is 4.01. The fourth-order valence-corrected chi connectivity index (χ4v) is 1.49. The van der Waals surface area contributed by atoms with Crippen molar-refractivity contribution in [3.05, 3.63) is 0 Å². The van der Waals surface area contributed by atoms with E-state index in [0.29, 0.717) is 13.1 Å². The summed E-state index contributed by atoms with van der Waals surface area (Å²) in [5.41, 5.74) is 0. The van der Waals surface area contributed by atoms with Crippen LogP contribution in [0.5, 0.6) is 0 Å². The van der Waals surface area contributed by atoms with Crippen LogP contribution in [0.2, 0.25) is 0 Å². The van der Waals surface area contributed by atoms with Crippen LogP contribution in [0.1, 0.15) is 33.6 Å². The second kappa shape index (κ2) is 8.98. The Morgan fingerprint density at radius 2 is 1.94 bits per heavy atom. The summed E-state index contributed by atoms with van der Waals surface area (Å²) in [5, 5.41) is 2.83. The van der Waals surface area contributed by atoms with Gasteiger partial charge in [-0.15, -0.1) is 0 Å². The van der Waals surface area contributed by atoms with Crippen LogP contribution in [0.3, 0.4) is 0 Å². The summed E-state index contributed by atoms with van der Waals surface area (Å²) in [5.74, 6) is -0.349. The van der Waals surface area contributed by atoms with Gasteiger partial charge in [-0.2, -0.15) is 0 Å². The Balaban J connectivity index is 4.35. The molecule has 1 N–H and O–H groups in total. The maximum atomic E-state index is 11.8. The summed E-state index contributed by atoms with van der Waals surface area (Å²) < 4.78 is 4.63. The monoisotopic (exact) mass is 244 g/mol. The molecule has 0 aliphatic carbocycles. The summed E-state index contributed by atoms with van der Waals surface area (Å²) in [7, 11) is 1.36. The van der Waals surface area contributed by atoms with Crippen LogP contribution in [0.15, 0.2) is 0 Å². The number of ether oxygens (including phenoxy) is 1. The lowest BCUT2D eigenvalue weighted by molar-refractivity contribution is -0.143. The highest BCUT2D eigenvalue weighted by atomic mass is 16.5. The summed E-state index contributed by atoms with van der Waals surface area (Å²) in [4.78, 5) is 24.9. The molecule has 1 atom stereocenters. The van der Waals surface area contributed by atoms with Crippen molar-refractivity contribution in [3.63, 3.8) is 0 Å². The van der Waals surface area contributed by atoms with Gasteiger partial charge in [0.05, 0.1) is 19.7 Å². The topological polar surface area (TPSA) is 58.6 Å². The normalized spacial score (nSPS) is 12.3. The van der Waals surface area contributed by atoms with E-state index in [1.165, 1.54) is 7.11 Å². The van der Waals surface area contributed by atoms with Gasteiger partial charge in [-0.1, -0.05) is 13.8 Å². The number of rotatable bonds is 8. The minimum atomic E-state index is -0.311. The average Bonchev–Trinajstić information content (AvgIpc) is 2.34. The number of hydrogen-bond donors (Lipinski definition) is 1. The SMILES string of the molecule is CCCNC(=O)C(C)N(CCC)CC(=O)OC. The number of nitrogens with one attached hydrogen (secondary N) is 1. The lowest BCUT2D eigenvalue weighted by atomic mass is 10.2. The molecule has 1 unspecified atom stereocenters. The molecule has 0 aliphatic rings. The predicted molar refractivity (Wildman–Crippen MR) is 66.6 cm³/mol. The number of carbonyl (C=O) groups excluding carboxylic acids is 2. The molecule has 0 aromatic heterocycles. The Kier molecular flexibility index (Phi) is 8.40. The van der Waals surface area contributed by atoms with Gasteiger partial charge in [-0.3, -0.25) is 14.5 Å². The van der Waals surface area contributed by atoms with E-state index in [1.807, 2.05) is 25.7 Å². The van der Waals surface area contributed by atoms with Gasteiger partial charge >= 0.3 is 5.97 Å². The van der Waals surface area contributed by atoms with E-state index in [0.717, 1.165) is 12.8 Å². The number of esters is 1. The molecular formula is C12H24N2O3. The summed E-state index contributed by atoms with van der Waals surface area (Å²) in [6.45, 7) is 7.36. The first-order chi connectivity index (χ1) is 8.06. The van der Waals surface area contributed by atoms with Crippen LogP contribution in [-0.4, -0.2) is 49.6 Å². The molecule has 0 saturated heterocycles. The molecule has 0 spiro atoms. The minimum absolute atomic E-state index is 0.0378. The van der Waals surface area contributed by atoms with E-state index in [-0.39, 0.29) is 24.5 Å². The molecule has 0 radical (unpaired) electrons. The van der Waals surface area contributed by atoms with Gasteiger partial charge < -0.3 is 10.1 Å². The van der Waals surface area contributed by atoms with E-state index >= 15 is 0 Å². The molecular weight excluding hydrogens is 220 g/mol. The number of amides is 1. The highest BCUT2D eigenvalue weighted by Gasteiger charge is 2.22. The lowest BCUT2D eigenvalue weighted by Crippen LogP contribution is -2.47. The second-order valence-corrected chi connectivity index (χ2v) is 4.01. The first-order valence-electron chi connectivity index (χ1n) is 6.15. The molecule has 0 aromatic rings. The summed E-state index contributed by atoms with van der Waals surface area (Å²) in [6.07, 6.45) is 1.80. The maximum absolute atomic E-state index is 11.8. The van der Waals surface area contributed by atoms with E-state index in [1.54, 1.807) is 0 Å². The molecule has 0 rings (SSSR count). The fourth-order valence-electron chi connectivity index (χ4n) is 1.49. The zero-order valence-corrected chi connectivity index (χ0v) is 11.3. The Morgan fingerprint density at radius 3 is 2.41 bits per heavy atom. The van der Waals surface area contributed by atoms with Crippen LogP contribution < -0.4 is 5.32 Å². The molecule has 1 amide bonds. The third-order valence-electron chi connectivity index (χ3n) is 2.55. The minimum Gasteiger partial charge on any atom is -0.468 e. The molecule has 0 heterocycles. The van der Waals surface area contributed by atoms with Crippen molar-refractivity contribution in [2.24, 2.45) is 0 Å². The highest BCUT2D eigenvalue weighted by molar-refractivity contribution is 5.82. The first kappa shape index (κ1) is 15.9. The number of carbonyl (C=O) groups is 2. The quantitative estimate of drug-likeness (QED) is 0.641. The lowest BCUT2D eigenvalue weighted by Gasteiger charge is -2.26. The van der Waals surface area contributed by atoms with E-state index in [2.05, 4.69) is 10.1 Å². The van der Waals surface area contributed by atoms with Crippen molar-refractivity contribution in [1.29, 1.82) is 0 Å². The Hall–Kier alpha value is -1.10. The van der Waals surface area contributed by atoms with Gasteiger partial charge in [-0.05, 0) is 26.3 Å². The molecule has 5 heteroatoms. The summed E-state index contributed by atoms with van der Waals surface area (Å²) in [6, 6.07) is -0.305. The van der Waals surface area contributed by atoms with E-state index in [4.69, 9.17) is 0 Å². The molecule has 0 aromatic carbocycles. The van der Waals surface area contributed by atoms with Crippen molar-refractivity contribution < 1.29 is 14.3 Å². The van der Waals surface area contributed by atoms with Crippen LogP contribution in [0.25, 0.3) is 0 Å². The molecule has 100 valence electrons. The molecule has 17 heavy (non-hydrogen) atoms. The number of nitrogens with zero attached hydrogens (tertiary/aromatic N) is 1. The molecule has 0 fully saturated rings. The Morgan fingerprint density at radius 1 is 1.29 bits per heavy atom. The van der Waals surface area contributed by atoms with Gasteiger partial charge in [0.25, 0.3) is 0 Å². The van der Waals surface area contributed by atoms with Crippen molar-refractivity contribution in [2.75, 3.05) is 26.7 Å². The third-order valence-corrected chi connectivity index (χ3v) is 2.55. The maximum Gasteiger partial charge on any atom is 0.319 e. The zero-order chi connectivity index (χ0) is 13.3. The third kappa shape index (κ3) is 6.26. The van der Waals surface area contributed by atoms with Gasteiger partial charge in [0, 0.05) is 6.54 Å². The smallest absolute Gasteiger partial charge is 0.319 e. The number of methoxy groups -OCH3 is 1. The standard InChI is InChI=1S/C12H24N2O3/c1-5-7-13-12(16)10(3)14(8-6-2)9-11(15)17-4/h10H,5-9H2,1-4H3,(H,13,16). The fraction of sp³-hybridized carbons (Fsp3) is 0.833. The highest BCUT2D eigenvalue weighted by Crippen LogP contribution is 2.01. The van der Waals surface area contributed by atoms with Crippen molar-refractivity contribution in [3.8, 4) is 0 Å². The largest absolute Gasteiger partial charge is 0.468 e. The summed E-state index contributed by atoms with van der Waals surface area (Å²) >= 11 is 0. The first-order valence-corrected chi connectivity index (χ1v) is 6.15. The predicted octanol–water partition coefficient (Wildman–Crippen LogP) is 0.786. The van der Waals surface area contributed by atoms with Crippen molar-refractivity contribution in [2.45, 2.75) is 39.7 Å². The van der Waals surface area contributed by atoms with Gasteiger partial charge in [-0.25, -0.2) is 0 Å². The van der Waals surface area contributed by atoms with Crippen LogP contribution in [-0.2, 0) is 14.3 Å². The molecule has 5 nitrogen and oxygen atoms in total. The van der Waals surface area contributed by atoms with E-state index < -0.39 is 0 Å². The Labute approximate surface area is 103 Å². The van der Waals surface area contributed by atoms with Gasteiger partial charge in [0.1, 0.15) is 0 Å². The van der Waals surface area contributed by atoms with Crippen LogP contribution in [0, 0.1) is 0 Å². The van der Waals surface area contributed by atoms with E-state index in [9.17, 15) is 9.59 Å². The van der Waals surface area contributed by atoms with Crippen molar-refractivity contribution in [1.82, 2.24) is 10.2 Å². The molecule has 0 bridgehead atoms. The average molecular weight is 244 g/mol. The van der Waals surface area contributed by atoms with Crippen LogP contribution >= 0.6 is 0 Å². The van der Waals surface area contributed by atoms with Crippen LogP contribution in [0.4, 0.5) is 0 Å². The molecule has 0 saturated carbocycles. The molecule has 0 aliphatic heterocycles. The van der Waals surface area contributed by atoms with Gasteiger partial charge in [0.2, 0.25) is 5.91 Å². The Bertz CT molecular complexity index is 244.